The first-order valence-corrected chi connectivity index (χ1v) is 6.28. The second kappa shape index (κ2) is 5.87. The molecule has 0 aliphatic heterocycles. The van der Waals surface area contributed by atoms with Gasteiger partial charge in [0.1, 0.15) is 5.69 Å². The molecule has 0 aliphatic rings. The third kappa shape index (κ3) is 3.06. The van der Waals surface area contributed by atoms with E-state index in [-0.39, 0.29) is 5.91 Å². The fraction of sp³-hybridized carbons (Fsp3) is 0. The van der Waals surface area contributed by atoms with E-state index in [9.17, 15) is 4.79 Å². The van der Waals surface area contributed by atoms with E-state index in [0.717, 1.165) is 11.0 Å². The molecule has 6 nitrogen and oxygen atoms in total. The lowest BCUT2D eigenvalue weighted by Gasteiger charge is -1.99. The highest BCUT2D eigenvalue weighted by Gasteiger charge is 2.02. The maximum absolute atomic E-state index is 11.7. The Kier molecular flexibility index (Phi) is 3.60. The fourth-order valence-electron chi connectivity index (χ4n) is 1.75. The van der Waals surface area contributed by atoms with Crippen molar-refractivity contribution in [2.45, 2.75) is 0 Å². The lowest BCUT2D eigenvalue weighted by atomic mass is 10.3. The summed E-state index contributed by atoms with van der Waals surface area (Å²) < 4.78 is 0. The van der Waals surface area contributed by atoms with Crippen molar-refractivity contribution in [3.8, 4) is 0 Å². The van der Waals surface area contributed by atoms with Gasteiger partial charge in [0.2, 0.25) is 0 Å². The number of carbonyl (C=O) groups is 1. The van der Waals surface area contributed by atoms with Crippen LogP contribution >= 0.6 is 0 Å². The van der Waals surface area contributed by atoms with E-state index in [2.05, 4.69) is 25.5 Å². The number of pyridine rings is 1. The fourth-order valence-corrected chi connectivity index (χ4v) is 1.75. The van der Waals surface area contributed by atoms with Crippen molar-refractivity contribution in [1.29, 1.82) is 0 Å². The zero-order valence-corrected chi connectivity index (χ0v) is 11.0. The molecule has 0 atom stereocenters. The predicted molar refractivity (Wildman–Crippen MR) is 78.8 cm³/mol. The van der Waals surface area contributed by atoms with Gasteiger partial charge in [0.25, 0.3) is 5.91 Å². The van der Waals surface area contributed by atoms with Gasteiger partial charge < -0.3 is 0 Å². The Labute approximate surface area is 120 Å². The van der Waals surface area contributed by atoms with Crippen molar-refractivity contribution in [2.24, 2.45) is 5.10 Å². The Bertz CT molecular complexity index is 801. The van der Waals surface area contributed by atoms with Crippen LogP contribution in [-0.2, 0) is 0 Å². The van der Waals surface area contributed by atoms with Gasteiger partial charge in [-0.3, -0.25) is 14.8 Å². The minimum absolute atomic E-state index is 0.326. The van der Waals surface area contributed by atoms with Crippen molar-refractivity contribution in [3.63, 3.8) is 0 Å². The topological polar surface area (TPSA) is 80.1 Å². The van der Waals surface area contributed by atoms with Crippen molar-refractivity contribution >= 4 is 23.2 Å². The van der Waals surface area contributed by atoms with Gasteiger partial charge in [-0.05, 0) is 24.3 Å². The van der Waals surface area contributed by atoms with Crippen molar-refractivity contribution in [1.82, 2.24) is 20.4 Å². The molecule has 1 aromatic carbocycles. The zero-order chi connectivity index (χ0) is 14.5. The van der Waals surface area contributed by atoms with E-state index in [1.54, 1.807) is 24.5 Å². The number of amides is 1. The van der Waals surface area contributed by atoms with Gasteiger partial charge in [0.05, 0.1) is 29.0 Å². The number of para-hydroxylation sites is 2. The van der Waals surface area contributed by atoms with E-state index in [1.807, 2.05) is 24.3 Å². The molecule has 6 heteroatoms. The highest BCUT2D eigenvalue weighted by atomic mass is 16.2. The summed E-state index contributed by atoms with van der Waals surface area (Å²) in [5.74, 6) is -0.326. The molecule has 102 valence electrons. The summed E-state index contributed by atoms with van der Waals surface area (Å²) in [6.07, 6.45) is 6.13. The summed E-state index contributed by atoms with van der Waals surface area (Å²) in [5.41, 5.74) is 5.02. The Morgan fingerprint density at radius 2 is 1.95 bits per heavy atom. The average molecular weight is 277 g/mol. The molecule has 0 spiro atoms. The first-order chi connectivity index (χ1) is 10.3. The summed E-state index contributed by atoms with van der Waals surface area (Å²) in [7, 11) is 0. The first kappa shape index (κ1) is 12.9. The van der Waals surface area contributed by atoms with Gasteiger partial charge in [-0.2, -0.15) is 5.10 Å². The summed E-state index contributed by atoms with van der Waals surface area (Å²) in [6.45, 7) is 0. The lowest BCUT2D eigenvalue weighted by Crippen LogP contribution is -2.17. The summed E-state index contributed by atoms with van der Waals surface area (Å²) in [5, 5.41) is 3.87. The second-order valence-electron chi connectivity index (χ2n) is 4.22. The number of aromatic nitrogens is 3. The molecule has 21 heavy (non-hydrogen) atoms. The van der Waals surface area contributed by atoms with Crippen LogP contribution in [0.2, 0.25) is 0 Å². The number of nitrogens with zero attached hydrogens (tertiary/aromatic N) is 4. The molecule has 2 heterocycles. The maximum Gasteiger partial charge on any atom is 0.272 e. The molecule has 0 saturated carbocycles. The van der Waals surface area contributed by atoms with Gasteiger partial charge in [0, 0.05) is 12.4 Å². The smallest absolute Gasteiger partial charge is 0.267 e. The predicted octanol–water partition coefficient (Wildman–Crippen LogP) is 1.79. The molecule has 0 unspecified atom stereocenters. The molecular weight excluding hydrogens is 266 g/mol. The summed E-state index contributed by atoms with van der Waals surface area (Å²) in [6, 6.07) is 10.9. The highest BCUT2D eigenvalue weighted by Crippen LogP contribution is 2.07. The van der Waals surface area contributed by atoms with Crippen LogP contribution in [0.4, 0.5) is 0 Å². The lowest BCUT2D eigenvalue weighted by molar-refractivity contribution is 0.0955. The molecule has 1 amide bonds. The maximum atomic E-state index is 11.7. The number of rotatable bonds is 3. The van der Waals surface area contributed by atoms with E-state index >= 15 is 0 Å². The Morgan fingerprint density at radius 3 is 2.76 bits per heavy atom. The Morgan fingerprint density at radius 1 is 1.10 bits per heavy atom. The molecule has 0 aliphatic carbocycles. The van der Waals surface area contributed by atoms with Crippen molar-refractivity contribution < 1.29 is 4.79 Å². The van der Waals surface area contributed by atoms with Gasteiger partial charge in [-0.15, -0.1) is 0 Å². The number of hydrazone groups is 1. The van der Waals surface area contributed by atoms with Gasteiger partial charge in [0.15, 0.2) is 0 Å². The molecular formula is C15H11N5O. The van der Waals surface area contributed by atoms with Crippen LogP contribution in [0.25, 0.3) is 11.0 Å². The van der Waals surface area contributed by atoms with E-state index < -0.39 is 0 Å². The van der Waals surface area contributed by atoms with E-state index in [1.165, 1.54) is 12.4 Å². The number of fused-ring (bicyclic) bond motifs is 1. The van der Waals surface area contributed by atoms with Crippen LogP contribution in [0.1, 0.15) is 16.1 Å². The standard InChI is InChI=1S/C15H11N5O/c21-15(11-4-3-7-16-8-11)20-18-10-12-9-17-13-5-1-2-6-14(13)19-12/h1-10H,(H,20,21)/b18-10+. The number of hydrogen-bond donors (Lipinski definition) is 1. The molecule has 3 aromatic rings. The first-order valence-electron chi connectivity index (χ1n) is 6.28. The highest BCUT2D eigenvalue weighted by molar-refractivity contribution is 5.94. The van der Waals surface area contributed by atoms with Crippen LogP contribution < -0.4 is 5.43 Å². The van der Waals surface area contributed by atoms with Crippen LogP contribution in [0.5, 0.6) is 0 Å². The average Bonchev–Trinajstić information content (AvgIpc) is 2.55. The SMILES string of the molecule is O=C(N/N=C/c1cnc2ccccc2n1)c1cccnc1. The monoisotopic (exact) mass is 277 g/mol. The Hall–Kier alpha value is -3.15. The van der Waals surface area contributed by atoms with E-state index in [4.69, 9.17) is 0 Å². The zero-order valence-electron chi connectivity index (χ0n) is 11.0. The minimum Gasteiger partial charge on any atom is -0.267 e. The van der Waals surface area contributed by atoms with Crippen molar-refractivity contribution in [2.75, 3.05) is 0 Å². The Balaban J connectivity index is 1.71. The molecule has 0 bridgehead atoms. The molecule has 2 aromatic heterocycles. The summed E-state index contributed by atoms with van der Waals surface area (Å²) >= 11 is 0. The number of carbonyl (C=O) groups excluding carboxylic acids is 1. The van der Waals surface area contributed by atoms with E-state index in [0.29, 0.717) is 11.3 Å². The summed E-state index contributed by atoms with van der Waals surface area (Å²) in [4.78, 5) is 24.2. The largest absolute Gasteiger partial charge is 0.272 e. The van der Waals surface area contributed by atoms with Gasteiger partial charge in [-0.1, -0.05) is 12.1 Å². The quantitative estimate of drug-likeness (QED) is 0.584. The normalized spacial score (nSPS) is 10.9. The molecule has 0 saturated heterocycles. The molecule has 0 fully saturated rings. The van der Waals surface area contributed by atoms with Crippen LogP contribution in [0.3, 0.4) is 0 Å². The van der Waals surface area contributed by atoms with Crippen molar-refractivity contribution in [3.05, 3.63) is 66.2 Å². The van der Waals surface area contributed by atoms with Gasteiger partial charge in [-0.25, -0.2) is 10.4 Å². The van der Waals surface area contributed by atoms with Gasteiger partial charge >= 0.3 is 0 Å². The van der Waals surface area contributed by atoms with Crippen LogP contribution in [0, 0.1) is 0 Å². The molecule has 1 N–H and O–H groups in total. The molecule has 3 rings (SSSR count). The number of benzene rings is 1. The third-order valence-electron chi connectivity index (χ3n) is 2.75. The number of hydrogen-bond acceptors (Lipinski definition) is 5. The minimum atomic E-state index is -0.326. The third-order valence-corrected chi connectivity index (χ3v) is 2.75. The second-order valence-corrected chi connectivity index (χ2v) is 4.22. The van der Waals surface area contributed by atoms with Crippen LogP contribution in [0.15, 0.2) is 60.1 Å². The molecule has 0 radical (unpaired) electrons. The number of nitrogens with one attached hydrogen (secondary N) is 1. The van der Waals surface area contributed by atoms with Crippen LogP contribution in [-0.4, -0.2) is 27.1 Å².